The van der Waals surface area contributed by atoms with E-state index >= 15 is 0 Å². The zero-order chi connectivity index (χ0) is 17.8. The molecule has 2 heterocycles. The van der Waals surface area contributed by atoms with Crippen LogP contribution in [0.5, 0.6) is 5.75 Å². The number of carboxylic acid groups (broad SMARTS) is 1. The first-order chi connectivity index (χ1) is 12.0. The van der Waals surface area contributed by atoms with Gasteiger partial charge in [-0.2, -0.15) is 8.78 Å². The maximum Gasteiger partial charge on any atom is 0.335 e. The molecule has 9 heteroatoms. The molecule has 128 valence electrons. The van der Waals surface area contributed by atoms with Gasteiger partial charge in [0.05, 0.1) is 16.8 Å². The summed E-state index contributed by atoms with van der Waals surface area (Å²) in [6.07, 6.45) is -1.43. The van der Waals surface area contributed by atoms with Crippen LogP contribution in [0.4, 0.5) is 8.78 Å². The van der Waals surface area contributed by atoms with Gasteiger partial charge in [-0.3, -0.25) is 4.98 Å². The molecule has 3 rings (SSSR count). The average molecular weight is 347 g/mol. The summed E-state index contributed by atoms with van der Waals surface area (Å²) in [5.41, 5.74) is 1.07. The molecule has 2 aromatic heterocycles. The number of halogens is 2. The fourth-order valence-corrected chi connectivity index (χ4v) is 1.95. The van der Waals surface area contributed by atoms with Gasteiger partial charge >= 0.3 is 12.4 Å². The van der Waals surface area contributed by atoms with E-state index in [9.17, 15) is 13.6 Å². The zero-order valence-corrected chi connectivity index (χ0v) is 12.6. The Labute approximate surface area is 139 Å². The van der Waals surface area contributed by atoms with Crippen molar-refractivity contribution in [2.45, 2.75) is 13.0 Å². The minimum atomic E-state index is -2.83. The molecule has 1 N–H and O–H groups in total. The van der Waals surface area contributed by atoms with E-state index in [1.54, 1.807) is 24.3 Å². The van der Waals surface area contributed by atoms with E-state index in [2.05, 4.69) is 15.2 Å². The maximum atomic E-state index is 12.4. The van der Waals surface area contributed by atoms with Gasteiger partial charge in [-0.05, 0) is 30.3 Å². The first kappa shape index (κ1) is 16.5. The minimum Gasteiger partial charge on any atom is -0.487 e. The number of hydrogen-bond donors (Lipinski definition) is 1. The van der Waals surface area contributed by atoms with Gasteiger partial charge in [0, 0.05) is 6.20 Å². The number of ether oxygens (including phenoxy) is 1. The van der Waals surface area contributed by atoms with Gasteiger partial charge in [-0.15, -0.1) is 10.2 Å². The van der Waals surface area contributed by atoms with Crippen LogP contribution < -0.4 is 4.74 Å². The van der Waals surface area contributed by atoms with E-state index in [-0.39, 0.29) is 18.1 Å². The fraction of sp³-hybridized carbons (Fsp3) is 0.125. The second kappa shape index (κ2) is 7.04. The molecule has 0 unspecified atom stereocenters. The van der Waals surface area contributed by atoms with E-state index in [1.165, 1.54) is 18.3 Å². The Morgan fingerprint density at radius 1 is 1.24 bits per heavy atom. The molecule has 0 saturated heterocycles. The van der Waals surface area contributed by atoms with E-state index < -0.39 is 18.3 Å². The van der Waals surface area contributed by atoms with Crippen molar-refractivity contribution in [3.63, 3.8) is 0 Å². The predicted molar refractivity (Wildman–Crippen MR) is 80.2 cm³/mol. The first-order valence-electron chi connectivity index (χ1n) is 7.06. The van der Waals surface area contributed by atoms with Gasteiger partial charge in [-0.1, -0.05) is 6.07 Å². The Bertz CT molecular complexity index is 881. The lowest BCUT2D eigenvalue weighted by molar-refractivity contribution is 0.0696. The number of nitrogens with zero attached hydrogens (tertiary/aromatic N) is 3. The Hall–Kier alpha value is -3.36. The third kappa shape index (κ3) is 3.94. The summed E-state index contributed by atoms with van der Waals surface area (Å²) in [5, 5.41) is 15.7. The van der Waals surface area contributed by atoms with Crippen molar-refractivity contribution in [2.24, 2.45) is 0 Å². The molecule has 0 radical (unpaired) electrons. The Morgan fingerprint density at radius 3 is 2.72 bits per heavy atom. The monoisotopic (exact) mass is 347 g/mol. The summed E-state index contributed by atoms with van der Waals surface area (Å²) in [6, 6.07) is 9.27. The second-order valence-electron chi connectivity index (χ2n) is 4.91. The van der Waals surface area contributed by atoms with E-state index in [0.717, 1.165) is 0 Å². The van der Waals surface area contributed by atoms with Crippen molar-refractivity contribution in [1.29, 1.82) is 0 Å². The summed E-state index contributed by atoms with van der Waals surface area (Å²) in [4.78, 5) is 15.0. The summed E-state index contributed by atoms with van der Waals surface area (Å²) in [5.74, 6) is -1.45. The number of hydrogen-bond acceptors (Lipinski definition) is 6. The predicted octanol–water partition coefficient (Wildman–Crippen LogP) is 3.35. The fourth-order valence-electron chi connectivity index (χ4n) is 1.95. The molecule has 25 heavy (non-hydrogen) atoms. The number of carbonyl (C=O) groups is 1. The molecule has 0 amide bonds. The number of rotatable bonds is 6. The quantitative estimate of drug-likeness (QED) is 0.730. The zero-order valence-electron chi connectivity index (χ0n) is 12.6. The topological polar surface area (TPSA) is 98.3 Å². The standard InChI is InChI=1S/C16H11F2N3O4/c17-13(18)15-21-20-14(25-15)10-4-5-11(19-7-10)8-24-12-3-1-2-9(6-12)16(22)23/h1-7,13H,8H2,(H,22,23). The highest BCUT2D eigenvalue weighted by Gasteiger charge is 2.17. The lowest BCUT2D eigenvalue weighted by Crippen LogP contribution is -2.00. The van der Waals surface area contributed by atoms with Gasteiger partial charge in [-0.25, -0.2) is 4.79 Å². The van der Waals surface area contributed by atoms with Crippen molar-refractivity contribution in [2.75, 3.05) is 0 Å². The van der Waals surface area contributed by atoms with Gasteiger partial charge in [0.2, 0.25) is 5.89 Å². The number of alkyl halides is 2. The summed E-state index contributed by atoms with van der Waals surface area (Å²) in [6.45, 7) is 0.107. The molecular weight excluding hydrogens is 336 g/mol. The van der Waals surface area contributed by atoms with Crippen LogP contribution >= 0.6 is 0 Å². The summed E-state index contributed by atoms with van der Waals surface area (Å²) in [7, 11) is 0. The number of aromatic carboxylic acids is 1. The molecule has 3 aromatic rings. The molecule has 0 atom stereocenters. The van der Waals surface area contributed by atoms with Crippen LogP contribution in [0.25, 0.3) is 11.5 Å². The average Bonchev–Trinajstić information content (AvgIpc) is 3.11. The smallest absolute Gasteiger partial charge is 0.335 e. The SMILES string of the molecule is O=C(O)c1cccc(OCc2ccc(-c3nnc(C(F)F)o3)cn2)c1. The largest absolute Gasteiger partial charge is 0.487 e. The molecule has 0 fully saturated rings. The molecule has 0 aliphatic heterocycles. The number of pyridine rings is 1. The van der Waals surface area contributed by atoms with Crippen LogP contribution in [-0.4, -0.2) is 26.3 Å². The molecule has 0 aliphatic rings. The van der Waals surface area contributed by atoms with Crippen LogP contribution in [0.3, 0.4) is 0 Å². The van der Waals surface area contributed by atoms with E-state index in [0.29, 0.717) is 17.0 Å². The highest BCUT2D eigenvalue weighted by Crippen LogP contribution is 2.23. The lowest BCUT2D eigenvalue weighted by atomic mass is 10.2. The summed E-state index contributed by atoms with van der Waals surface area (Å²) >= 11 is 0. The molecule has 0 bridgehead atoms. The van der Waals surface area contributed by atoms with Crippen LogP contribution in [0.1, 0.15) is 28.4 Å². The van der Waals surface area contributed by atoms with Crippen molar-refractivity contribution in [3.8, 4) is 17.2 Å². The third-order valence-corrected chi connectivity index (χ3v) is 3.17. The second-order valence-corrected chi connectivity index (χ2v) is 4.91. The minimum absolute atomic E-state index is 0.0515. The van der Waals surface area contributed by atoms with Gasteiger partial charge in [0.15, 0.2) is 0 Å². The summed E-state index contributed by atoms with van der Waals surface area (Å²) < 4.78 is 35.2. The molecule has 0 spiro atoms. The lowest BCUT2D eigenvalue weighted by Gasteiger charge is -2.06. The molecule has 0 saturated carbocycles. The van der Waals surface area contributed by atoms with Crippen LogP contribution in [0.15, 0.2) is 47.0 Å². The maximum absolute atomic E-state index is 12.4. The molecule has 1 aromatic carbocycles. The van der Waals surface area contributed by atoms with Crippen molar-refractivity contribution < 1.29 is 27.8 Å². The first-order valence-corrected chi connectivity index (χ1v) is 7.06. The van der Waals surface area contributed by atoms with E-state index in [4.69, 9.17) is 14.3 Å². The van der Waals surface area contributed by atoms with E-state index in [1.807, 2.05) is 0 Å². The highest BCUT2D eigenvalue weighted by atomic mass is 19.3. The van der Waals surface area contributed by atoms with Crippen LogP contribution in [-0.2, 0) is 6.61 Å². The van der Waals surface area contributed by atoms with Crippen LogP contribution in [0, 0.1) is 0 Å². The Morgan fingerprint density at radius 2 is 2.08 bits per heavy atom. The number of aromatic nitrogens is 3. The van der Waals surface area contributed by atoms with Gasteiger partial charge < -0.3 is 14.3 Å². The van der Waals surface area contributed by atoms with Crippen molar-refractivity contribution >= 4 is 5.97 Å². The molecule has 0 aliphatic carbocycles. The van der Waals surface area contributed by atoms with Crippen LogP contribution in [0.2, 0.25) is 0 Å². The highest BCUT2D eigenvalue weighted by molar-refractivity contribution is 5.87. The Kier molecular flexibility index (Phi) is 4.64. The Balaban J connectivity index is 1.66. The van der Waals surface area contributed by atoms with Gasteiger partial charge in [0.1, 0.15) is 12.4 Å². The van der Waals surface area contributed by atoms with Crippen molar-refractivity contribution in [3.05, 3.63) is 59.7 Å². The normalized spacial score (nSPS) is 10.8. The third-order valence-electron chi connectivity index (χ3n) is 3.17. The number of carboxylic acids is 1. The van der Waals surface area contributed by atoms with Crippen molar-refractivity contribution in [1.82, 2.24) is 15.2 Å². The molecular formula is C16H11F2N3O4. The molecule has 7 nitrogen and oxygen atoms in total. The van der Waals surface area contributed by atoms with Gasteiger partial charge in [0.25, 0.3) is 5.89 Å². The number of benzene rings is 1.